The number of likely N-dealkylation sites (tertiary alicyclic amines) is 1. The molecule has 120 valence electrons. The Kier molecular flexibility index (Phi) is 3.64. The maximum atomic E-state index is 12.4. The van der Waals surface area contributed by atoms with E-state index >= 15 is 0 Å². The Hall–Kier alpha value is -1.09. The number of hydrogen-bond acceptors (Lipinski definition) is 2. The number of nitrogens with zero attached hydrogens (tertiary/aromatic N) is 1. The summed E-state index contributed by atoms with van der Waals surface area (Å²) in [6.07, 6.45) is 7.85. The number of likely N-dealkylation sites (N-methyl/N-ethyl adjacent to an activating group) is 1. The molecule has 1 aliphatic heterocycles. The Bertz CT molecular complexity index is 560. The van der Waals surface area contributed by atoms with Crippen LogP contribution in [-0.2, 0) is 11.8 Å². The molecule has 2 bridgehead atoms. The topological polar surface area (TPSA) is 12.5 Å². The third-order valence-corrected chi connectivity index (χ3v) is 6.43. The van der Waals surface area contributed by atoms with E-state index in [1.54, 1.807) is 0 Å². The van der Waals surface area contributed by atoms with E-state index in [0.29, 0.717) is 11.5 Å². The summed E-state index contributed by atoms with van der Waals surface area (Å²) < 4.78 is 18.0. The minimum atomic E-state index is -0.419. The van der Waals surface area contributed by atoms with Crippen molar-refractivity contribution in [3.05, 3.63) is 29.3 Å². The molecule has 3 atom stereocenters. The Morgan fingerprint density at radius 2 is 2.23 bits per heavy atom. The van der Waals surface area contributed by atoms with Crippen LogP contribution in [0.4, 0.5) is 4.39 Å². The molecule has 1 saturated heterocycles. The maximum Gasteiger partial charge on any atom is 0.123 e. The van der Waals surface area contributed by atoms with E-state index < -0.39 is 6.67 Å². The summed E-state index contributed by atoms with van der Waals surface area (Å²) in [4.78, 5) is 2.59. The SMILES string of the molecule is CN1CC[C@@]23CCCC[C@@H]2C1Cc1ccc(OCCF)cc13. The Balaban J connectivity index is 1.77. The van der Waals surface area contributed by atoms with E-state index in [1.165, 1.54) is 56.2 Å². The highest BCUT2D eigenvalue weighted by Crippen LogP contribution is 2.55. The molecule has 4 rings (SSSR count). The van der Waals surface area contributed by atoms with Gasteiger partial charge in [0.25, 0.3) is 0 Å². The van der Waals surface area contributed by atoms with Crippen molar-refractivity contribution in [2.75, 3.05) is 26.9 Å². The van der Waals surface area contributed by atoms with Gasteiger partial charge in [0, 0.05) is 11.5 Å². The fraction of sp³-hybridized carbons (Fsp3) is 0.684. The van der Waals surface area contributed by atoms with Gasteiger partial charge in [0.05, 0.1) is 0 Å². The van der Waals surface area contributed by atoms with Crippen LogP contribution in [0.1, 0.15) is 43.2 Å². The molecule has 2 nitrogen and oxygen atoms in total. The molecule has 1 aromatic carbocycles. The van der Waals surface area contributed by atoms with Gasteiger partial charge in [-0.25, -0.2) is 4.39 Å². The highest BCUT2D eigenvalue weighted by Gasteiger charge is 2.53. The first-order valence-electron chi connectivity index (χ1n) is 8.77. The van der Waals surface area contributed by atoms with Gasteiger partial charge in [0.1, 0.15) is 19.0 Å². The van der Waals surface area contributed by atoms with Crippen molar-refractivity contribution < 1.29 is 9.13 Å². The van der Waals surface area contributed by atoms with Crippen LogP contribution in [0.5, 0.6) is 5.75 Å². The number of halogens is 1. The zero-order valence-corrected chi connectivity index (χ0v) is 13.5. The van der Waals surface area contributed by atoms with Crippen LogP contribution in [-0.4, -0.2) is 37.8 Å². The van der Waals surface area contributed by atoms with Crippen molar-refractivity contribution in [1.82, 2.24) is 4.90 Å². The van der Waals surface area contributed by atoms with E-state index in [0.717, 1.165) is 11.7 Å². The van der Waals surface area contributed by atoms with Crippen LogP contribution >= 0.6 is 0 Å². The zero-order valence-electron chi connectivity index (χ0n) is 13.5. The van der Waals surface area contributed by atoms with Crippen LogP contribution in [0.3, 0.4) is 0 Å². The number of piperidine rings is 1. The van der Waals surface area contributed by atoms with Gasteiger partial charge in [0.2, 0.25) is 0 Å². The van der Waals surface area contributed by atoms with Gasteiger partial charge in [-0.05, 0) is 68.5 Å². The maximum absolute atomic E-state index is 12.4. The second-order valence-electron chi connectivity index (χ2n) is 7.37. The van der Waals surface area contributed by atoms with Gasteiger partial charge in [-0.1, -0.05) is 18.9 Å². The highest BCUT2D eigenvalue weighted by atomic mass is 19.1. The number of rotatable bonds is 3. The average molecular weight is 303 g/mol. The highest BCUT2D eigenvalue weighted by molar-refractivity contribution is 5.45. The third-order valence-electron chi connectivity index (χ3n) is 6.43. The van der Waals surface area contributed by atoms with Gasteiger partial charge in [0.15, 0.2) is 0 Å². The molecule has 1 heterocycles. The average Bonchev–Trinajstić information content (AvgIpc) is 2.56. The minimum Gasteiger partial charge on any atom is -0.491 e. The molecule has 1 unspecified atom stereocenters. The Morgan fingerprint density at radius 1 is 1.32 bits per heavy atom. The van der Waals surface area contributed by atoms with Gasteiger partial charge in [-0.15, -0.1) is 0 Å². The molecule has 2 aliphatic carbocycles. The fourth-order valence-corrected chi connectivity index (χ4v) is 5.42. The second-order valence-corrected chi connectivity index (χ2v) is 7.37. The summed E-state index contributed by atoms with van der Waals surface area (Å²) in [6, 6.07) is 7.22. The number of alkyl halides is 1. The monoisotopic (exact) mass is 303 g/mol. The normalized spacial score (nSPS) is 33.9. The first kappa shape index (κ1) is 14.5. The summed E-state index contributed by atoms with van der Waals surface area (Å²) in [5, 5.41) is 0. The molecule has 0 radical (unpaired) electrons. The molecule has 3 aliphatic rings. The molecule has 0 aromatic heterocycles. The van der Waals surface area contributed by atoms with E-state index in [9.17, 15) is 4.39 Å². The van der Waals surface area contributed by atoms with Crippen LogP contribution in [0.2, 0.25) is 0 Å². The van der Waals surface area contributed by atoms with E-state index in [-0.39, 0.29) is 6.61 Å². The molecule has 22 heavy (non-hydrogen) atoms. The van der Waals surface area contributed by atoms with Crippen LogP contribution in [0.25, 0.3) is 0 Å². The van der Waals surface area contributed by atoms with E-state index in [4.69, 9.17) is 4.74 Å². The second kappa shape index (κ2) is 5.52. The fourth-order valence-electron chi connectivity index (χ4n) is 5.42. The molecule has 3 heteroatoms. The van der Waals surface area contributed by atoms with Crippen molar-refractivity contribution in [2.45, 2.75) is 50.0 Å². The zero-order chi connectivity index (χ0) is 15.2. The Labute approximate surface area is 132 Å². The molecule has 1 saturated carbocycles. The van der Waals surface area contributed by atoms with Crippen LogP contribution in [0.15, 0.2) is 18.2 Å². The Morgan fingerprint density at radius 3 is 3.09 bits per heavy atom. The molecule has 0 amide bonds. The summed E-state index contributed by atoms with van der Waals surface area (Å²) in [6.45, 7) is 0.953. The van der Waals surface area contributed by atoms with Crippen LogP contribution in [0, 0.1) is 5.92 Å². The minimum absolute atomic E-state index is 0.167. The van der Waals surface area contributed by atoms with Gasteiger partial charge < -0.3 is 9.64 Å². The first-order valence-corrected chi connectivity index (χ1v) is 8.77. The number of ether oxygens (including phenoxy) is 1. The lowest BCUT2D eigenvalue weighted by Gasteiger charge is -2.58. The standard InChI is InChI=1S/C19H26FNO/c1-21-10-8-19-7-3-2-4-16(19)18(21)12-14-5-6-15(13-17(14)19)22-11-9-20/h5-6,13,16,18H,2-4,7-12H2,1H3/t16-,18?,19+/m1/s1. The summed E-state index contributed by atoms with van der Waals surface area (Å²) in [5.74, 6) is 1.65. The summed E-state index contributed by atoms with van der Waals surface area (Å²) in [7, 11) is 2.30. The summed E-state index contributed by atoms with van der Waals surface area (Å²) in [5.41, 5.74) is 3.39. The predicted octanol–water partition coefficient (Wildman–Crippen LogP) is 3.72. The number of fused-ring (bicyclic) bond motifs is 1. The van der Waals surface area contributed by atoms with Crippen LogP contribution < -0.4 is 4.74 Å². The molecule has 0 N–H and O–H groups in total. The largest absolute Gasteiger partial charge is 0.491 e. The number of benzene rings is 1. The smallest absolute Gasteiger partial charge is 0.123 e. The van der Waals surface area contributed by atoms with Crippen molar-refractivity contribution >= 4 is 0 Å². The van der Waals surface area contributed by atoms with Gasteiger partial charge >= 0.3 is 0 Å². The quantitative estimate of drug-likeness (QED) is 0.844. The van der Waals surface area contributed by atoms with Gasteiger partial charge in [-0.2, -0.15) is 0 Å². The third kappa shape index (κ3) is 2.09. The first-order chi connectivity index (χ1) is 10.7. The van der Waals surface area contributed by atoms with E-state index in [2.05, 4.69) is 24.1 Å². The van der Waals surface area contributed by atoms with Crippen molar-refractivity contribution in [1.29, 1.82) is 0 Å². The van der Waals surface area contributed by atoms with Crippen molar-refractivity contribution in [2.24, 2.45) is 5.92 Å². The number of hydrogen-bond donors (Lipinski definition) is 0. The van der Waals surface area contributed by atoms with Crippen molar-refractivity contribution in [3.63, 3.8) is 0 Å². The summed E-state index contributed by atoms with van der Waals surface area (Å²) >= 11 is 0. The lowest BCUT2D eigenvalue weighted by atomic mass is 9.52. The molecular weight excluding hydrogens is 277 g/mol. The van der Waals surface area contributed by atoms with Crippen molar-refractivity contribution in [3.8, 4) is 5.75 Å². The lowest BCUT2D eigenvalue weighted by molar-refractivity contribution is 0.00270. The van der Waals surface area contributed by atoms with Gasteiger partial charge in [-0.3, -0.25) is 0 Å². The van der Waals surface area contributed by atoms with E-state index in [1.807, 2.05) is 6.07 Å². The molecule has 0 spiro atoms. The predicted molar refractivity (Wildman–Crippen MR) is 86.3 cm³/mol. The molecule has 1 aromatic rings. The molecular formula is C19H26FNO. The lowest BCUT2D eigenvalue weighted by Crippen LogP contribution is -2.59. The molecule has 2 fully saturated rings.